The van der Waals surface area contributed by atoms with Crippen LogP contribution in [0.25, 0.3) is 0 Å². The summed E-state index contributed by atoms with van der Waals surface area (Å²) in [7, 11) is 0. The van der Waals surface area contributed by atoms with Gasteiger partial charge in [0.2, 0.25) is 5.88 Å². The molecule has 0 aliphatic rings. The van der Waals surface area contributed by atoms with Gasteiger partial charge in [0.1, 0.15) is 5.82 Å². The molecule has 0 unspecified atom stereocenters. The molecular weight excluding hydrogens is 246 g/mol. The maximum Gasteiger partial charge on any atom is 0.239 e. The average Bonchev–Trinajstić information content (AvgIpc) is 2.30. The van der Waals surface area contributed by atoms with Crippen molar-refractivity contribution < 1.29 is 4.74 Å². The first kappa shape index (κ1) is 15.0. The number of rotatable bonds is 6. The summed E-state index contributed by atoms with van der Waals surface area (Å²) >= 11 is 1.82. The Hall–Kier alpha value is -1.10. The van der Waals surface area contributed by atoms with Crippen LogP contribution in [0.3, 0.4) is 0 Å². The average molecular weight is 269 g/mol. The third-order valence-corrected chi connectivity index (χ3v) is 3.73. The quantitative estimate of drug-likeness (QED) is 0.831. The Bertz CT molecular complexity index is 394. The highest BCUT2D eigenvalue weighted by atomic mass is 32.2. The van der Waals surface area contributed by atoms with Crippen LogP contribution < -0.4 is 15.8 Å². The topological polar surface area (TPSA) is 60.2 Å². The van der Waals surface area contributed by atoms with Gasteiger partial charge in [-0.05, 0) is 46.1 Å². The summed E-state index contributed by atoms with van der Waals surface area (Å²) in [6.45, 7) is 9.13. The number of nitrogens with zero attached hydrogens (tertiary/aromatic N) is 1. The highest BCUT2D eigenvalue weighted by Gasteiger charge is 2.16. The van der Waals surface area contributed by atoms with Crippen LogP contribution in [0.1, 0.15) is 27.7 Å². The maximum atomic E-state index is 5.83. The van der Waals surface area contributed by atoms with Crippen LogP contribution >= 0.6 is 11.8 Å². The number of pyridine rings is 1. The molecule has 0 amide bonds. The van der Waals surface area contributed by atoms with Crippen LogP contribution in [-0.2, 0) is 0 Å². The van der Waals surface area contributed by atoms with E-state index in [0.717, 1.165) is 12.4 Å². The van der Waals surface area contributed by atoms with Crippen molar-refractivity contribution in [3.05, 3.63) is 12.1 Å². The van der Waals surface area contributed by atoms with E-state index in [1.54, 1.807) is 0 Å². The minimum absolute atomic E-state index is 0.0673. The Morgan fingerprint density at radius 3 is 2.67 bits per heavy atom. The molecule has 4 nitrogen and oxygen atoms in total. The zero-order valence-corrected chi connectivity index (χ0v) is 12.6. The van der Waals surface area contributed by atoms with Gasteiger partial charge in [0.05, 0.1) is 11.8 Å². The van der Waals surface area contributed by atoms with E-state index in [1.165, 1.54) is 0 Å². The molecule has 0 aliphatic heterocycles. The van der Waals surface area contributed by atoms with Crippen molar-refractivity contribution in [2.45, 2.75) is 38.5 Å². The van der Waals surface area contributed by atoms with Crippen molar-refractivity contribution in [1.29, 1.82) is 0 Å². The first-order valence-corrected chi connectivity index (χ1v) is 7.29. The highest BCUT2D eigenvalue weighted by molar-refractivity contribution is 7.99. The fraction of sp³-hybridized carbons (Fsp3) is 0.615. The zero-order valence-electron chi connectivity index (χ0n) is 11.8. The molecule has 0 bridgehead atoms. The van der Waals surface area contributed by atoms with Crippen LogP contribution in [0, 0.1) is 0 Å². The summed E-state index contributed by atoms with van der Waals surface area (Å²) < 4.78 is 5.73. The van der Waals surface area contributed by atoms with E-state index >= 15 is 0 Å². The van der Waals surface area contributed by atoms with Crippen molar-refractivity contribution in [2.24, 2.45) is 0 Å². The van der Waals surface area contributed by atoms with Crippen molar-refractivity contribution in [1.82, 2.24) is 4.98 Å². The number of hydrogen-bond acceptors (Lipinski definition) is 5. The number of nitrogen functional groups attached to an aromatic ring is 1. The van der Waals surface area contributed by atoms with Crippen LogP contribution in [0.2, 0.25) is 0 Å². The number of nitrogens with one attached hydrogen (secondary N) is 1. The van der Waals surface area contributed by atoms with E-state index < -0.39 is 0 Å². The molecule has 1 heterocycles. The number of thioether (sulfide) groups is 1. The van der Waals surface area contributed by atoms with Gasteiger partial charge in [-0.3, -0.25) is 0 Å². The van der Waals surface area contributed by atoms with Gasteiger partial charge in [0.15, 0.2) is 0 Å². The fourth-order valence-electron chi connectivity index (χ4n) is 1.24. The number of nitrogens with two attached hydrogens (primary N) is 1. The molecule has 1 rings (SSSR count). The van der Waals surface area contributed by atoms with Gasteiger partial charge in [0.25, 0.3) is 0 Å². The number of hydrogen-bond donors (Lipinski definition) is 2. The second-order valence-corrected chi connectivity index (χ2v) is 6.59. The Morgan fingerprint density at radius 2 is 2.11 bits per heavy atom. The fourth-order valence-corrected chi connectivity index (χ4v) is 1.46. The van der Waals surface area contributed by atoms with Crippen molar-refractivity contribution >= 4 is 23.3 Å². The molecule has 0 saturated carbocycles. The van der Waals surface area contributed by atoms with Crippen molar-refractivity contribution in [3.63, 3.8) is 0 Å². The second-order valence-electron chi connectivity index (χ2n) is 5.07. The predicted molar refractivity (Wildman–Crippen MR) is 80.5 cm³/mol. The Balaban J connectivity index is 2.73. The van der Waals surface area contributed by atoms with Gasteiger partial charge < -0.3 is 15.8 Å². The highest BCUT2D eigenvalue weighted by Crippen LogP contribution is 2.24. The van der Waals surface area contributed by atoms with Gasteiger partial charge in [-0.15, -0.1) is 0 Å². The molecule has 0 saturated heterocycles. The lowest BCUT2D eigenvalue weighted by molar-refractivity contribution is 0.234. The maximum absolute atomic E-state index is 5.83. The molecule has 1 aromatic rings. The summed E-state index contributed by atoms with van der Waals surface area (Å²) in [4.78, 5) is 4.38. The van der Waals surface area contributed by atoms with Gasteiger partial charge in [-0.2, -0.15) is 16.7 Å². The van der Waals surface area contributed by atoms with E-state index in [0.29, 0.717) is 11.6 Å². The van der Waals surface area contributed by atoms with E-state index in [9.17, 15) is 0 Å². The van der Waals surface area contributed by atoms with Gasteiger partial charge >= 0.3 is 0 Å². The molecule has 3 N–H and O–H groups in total. The summed E-state index contributed by atoms with van der Waals surface area (Å²) in [6.07, 6.45) is 2.17. The van der Waals surface area contributed by atoms with Crippen molar-refractivity contribution in [2.75, 3.05) is 23.9 Å². The van der Waals surface area contributed by atoms with E-state index in [2.05, 4.69) is 30.4 Å². The monoisotopic (exact) mass is 269 g/mol. The molecule has 0 aromatic carbocycles. The smallest absolute Gasteiger partial charge is 0.239 e. The molecule has 0 aliphatic carbocycles. The molecule has 18 heavy (non-hydrogen) atoms. The lowest BCUT2D eigenvalue weighted by Gasteiger charge is -2.23. The van der Waals surface area contributed by atoms with Crippen LogP contribution in [-0.4, -0.2) is 28.6 Å². The van der Waals surface area contributed by atoms with E-state index in [4.69, 9.17) is 10.5 Å². The standard InChI is InChI=1S/C13H23N3OS/c1-9(2)17-12-10(14)6-7-11(16-12)15-8-13(3,4)18-5/h6-7,9H,8,14H2,1-5H3,(H,15,16). The SMILES string of the molecule is CSC(C)(C)CNc1ccc(N)c(OC(C)C)n1. The zero-order chi connectivity index (χ0) is 13.8. The number of anilines is 2. The lowest BCUT2D eigenvalue weighted by Crippen LogP contribution is -2.26. The van der Waals surface area contributed by atoms with E-state index in [1.807, 2.05) is 37.7 Å². The van der Waals surface area contributed by atoms with Gasteiger partial charge in [-0.25, -0.2) is 0 Å². The molecular formula is C13H23N3OS. The molecule has 0 fully saturated rings. The first-order valence-electron chi connectivity index (χ1n) is 6.06. The predicted octanol–water partition coefficient (Wildman–Crippen LogP) is 3.00. The second kappa shape index (κ2) is 6.18. The lowest BCUT2D eigenvalue weighted by atomic mass is 10.2. The summed E-state index contributed by atoms with van der Waals surface area (Å²) in [5.41, 5.74) is 6.39. The molecule has 0 radical (unpaired) electrons. The summed E-state index contributed by atoms with van der Waals surface area (Å²) in [6, 6.07) is 3.69. The summed E-state index contributed by atoms with van der Waals surface area (Å²) in [5.74, 6) is 1.29. The van der Waals surface area contributed by atoms with Crippen LogP contribution in [0.4, 0.5) is 11.5 Å². The molecule has 5 heteroatoms. The third kappa shape index (κ3) is 4.64. The molecule has 102 valence electrons. The Kier molecular flexibility index (Phi) is 5.14. The third-order valence-electron chi connectivity index (χ3n) is 2.48. The van der Waals surface area contributed by atoms with Gasteiger partial charge in [-0.1, -0.05) is 0 Å². The molecule has 0 spiro atoms. The van der Waals surface area contributed by atoms with E-state index in [-0.39, 0.29) is 10.9 Å². The summed E-state index contributed by atoms with van der Waals surface area (Å²) in [5, 5.41) is 3.31. The Morgan fingerprint density at radius 1 is 1.44 bits per heavy atom. The minimum Gasteiger partial charge on any atom is -0.473 e. The van der Waals surface area contributed by atoms with Crippen molar-refractivity contribution in [3.8, 4) is 5.88 Å². The van der Waals surface area contributed by atoms with Gasteiger partial charge in [0, 0.05) is 11.3 Å². The molecule has 1 aromatic heterocycles. The molecule has 0 atom stereocenters. The largest absolute Gasteiger partial charge is 0.473 e. The minimum atomic E-state index is 0.0673. The Labute approximate surface area is 114 Å². The van der Waals surface area contributed by atoms with Crippen LogP contribution in [0.15, 0.2) is 12.1 Å². The first-order chi connectivity index (χ1) is 8.34. The number of aromatic nitrogens is 1. The number of ether oxygens (including phenoxy) is 1. The van der Waals surface area contributed by atoms with Crippen LogP contribution in [0.5, 0.6) is 5.88 Å². The normalized spacial score (nSPS) is 11.7.